The van der Waals surface area contributed by atoms with E-state index < -0.39 is 0 Å². The molecular weight excluding hydrogens is 388 g/mol. The van der Waals surface area contributed by atoms with Crippen molar-refractivity contribution >= 4 is 38.7 Å². The van der Waals surface area contributed by atoms with Crippen LogP contribution in [-0.2, 0) is 5.75 Å². The van der Waals surface area contributed by atoms with Gasteiger partial charge in [-0.1, -0.05) is 52.0 Å². The Kier molecular flexibility index (Phi) is 5.07. The van der Waals surface area contributed by atoms with Gasteiger partial charge in [0, 0.05) is 10.2 Å². The Labute approximate surface area is 134 Å². The monoisotopic (exact) mass is 397 g/mol. The van der Waals surface area contributed by atoms with E-state index in [4.69, 9.17) is 0 Å². The van der Waals surface area contributed by atoms with Crippen molar-refractivity contribution in [3.05, 3.63) is 58.6 Å². The van der Waals surface area contributed by atoms with Crippen molar-refractivity contribution in [2.75, 3.05) is 0 Å². The Morgan fingerprint density at radius 1 is 1.05 bits per heavy atom. The average Bonchev–Trinajstić information content (AvgIpc) is 2.81. The fourth-order valence-electron chi connectivity index (χ4n) is 1.73. The molecule has 0 fully saturated rings. The lowest BCUT2D eigenvalue weighted by Gasteiger charge is -1.99. The second kappa shape index (κ2) is 6.59. The summed E-state index contributed by atoms with van der Waals surface area (Å²) >= 11 is 5.16. The number of nitrogens with one attached hydrogen (secondary N) is 1. The van der Waals surface area contributed by atoms with Gasteiger partial charge < -0.3 is 22.0 Å². The maximum Gasteiger partial charge on any atom is 0.166 e. The Morgan fingerprint density at radius 2 is 1.79 bits per heavy atom. The molecule has 2 nitrogen and oxygen atoms in total. The highest BCUT2D eigenvalue weighted by atomic mass is 79.9. The zero-order valence-corrected chi connectivity index (χ0v) is 13.9. The van der Waals surface area contributed by atoms with E-state index in [-0.39, 0.29) is 17.0 Å². The lowest BCUT2D eigenvalue weighted by atomic mass is 10.2. The van der Waals surface area contributed by atoms with Crippen LogP contribution in [0.3, 0.4) is 0 Å². The van der Waals surface area contributed by atoms with Crippen LogP contribution < -0.4 is 17.0 Å². The van der Waals surface area contributed by atoms with E-state index in [0.29, 0.717) is 0 Å². The molecule has 0 radical (unpaired) electrons. The number of aromatic amines is 1. The van der Waals surface area contributed by atoms with E-state index in [0.717, 1.165) is 26.4 Å². The van der Waals surface area contributed by atoms with Crippen molar-refractivity contribution in [3.63, 3.8) is 0 Å². The summed E-state index contributed by atoms with van der Waals surface area (Å²) in [5.74, 6) is 0.924. The third-order valence-electron chi connectivity index (χ3n) is 2.66. The van der Waals surface area contributed by atoms with Crippen LogP contribution in [0, 0.1) is 0 Å². The van der Waals surface area contributed by atoms with E-state index in [1.165, 1.54) is 5.56 Å². The number of thioether (sulfide) groups is 1. The molecule has 0 amide bonds. The molecule has 1 heterocycles. The van der Waals surface area contributed by atoms with Crippen LogP contribution in [0.2, 0.25) is 0 Å². The highest BCUT2D eigenvalue weighted by Crippen LogP contribution is 2.23. The van der Waals surface area contributed by atoms with Crippen molar-refractivity contribution in [1.29, 1.82) is 0 Å². The number of imidazole rings is 1. The Hall–Kier alpha value is -0.780. The molecule has 0 saturated carbocycles. The maximum absolute atomic E-state index is 4.54. The number of halogens is 2. The van der Waals surface area contributed by atoms with Crippen LogP contribution >= 0.6 is 27.7 Å². The first-order valence-electron chi connectivity index (χ1n) is 5.63. The molecule has 0 spiro atoms. The third kappa shape index (κ3) is 3.61. The number of hydrogen-bond donors (Lipinski definition) is 1. The fraction of sp³-hybridized carbons (Fsp3) is 0.0714. The highest BCUT2D eigenvalue weighted by molar-refractivity contribution is 9.10. The molecule has 2 aromatic carbocycles. The van der Waals surface area contributed by atoms with Gasteiger partial charge in [-0.15, -0.1) is 0 Å². The van der Waals surface area contributed by atoms with Crippen LogP contribution in [0.4, 0.5) is 0 Å². The summed E-state index contributed by atoms with van der Waals surface area (Å²) < 4.78 is 1.11. The summed E-state index contributed by atoms with van der Waals surface area (Å²) in [6.45, 7) is 0. The predicted octanol–water partition coefficient (Wildman–Crippen LogP) is 1.62. The number of nitrogens with zero attached hydrogens (tertiary/aromatic N) is 1. The van der Waals surface area contributed by atoms with E-state index in [2.05, 4.69) is 50.2 Å². The summed E-state index contributed by atoms with van der Waals surface area (Å²) in [4.78, 5) is 7.86. The van der Waals surface area contributed by atoms with Crippen molar-refractivity contribution < 1.29 is 17.0 Å². The predicted molar refractivity (Wildman–Crippen MR) is 79.8 cm³/mol. The van der Waals surface area contributed by atoms with Crippen molar-refractivity contribution in [3.8, 4) is 0 Å². The minimum absolute atomic E-state index is 0. The van der Waals surface area contributed by atoms with Crippen molar-refractivity contribution in [2.24, 2.45) is 0 Å². The van der Waals surface area contributed by atoms with Gasteiger partial charge in [0.05, 0.1) is 11.0 Å². The van der Waals surface area contributed by atoms with Gasteiger partial charge in [-0.25, -0.2) is 4.98 Å². The van der Waals surface area contributed by atoms with Gasteiger partial charge in [-0.3, -0.25) is 0 Å². The van der Waals surface area contributed by atoms with Gasteiger partial charge in [0.15, 0.2) is 5.16 Å². The molecule has 0 aliphatic rings. The molecular formula is C14H11Br2N2S-. The van der Waals surface area contributed by atoms with Gasteiger partial charge in [0.2, 0.25) is 0 Å². The molecule has 3 rings (SSSR count). The van der Waals surface area contributed by atoms with E-state index in [1.807, 2.05) is 24.3 Å². The Bertz CT molecular complexity index is 632. The molecule has 0 aliphatic heterocycles. The minimum atomic E-state index is 0. The SMILES string of the molecule is Brc1ccc(CSc2nc3ccccc3[nH]2)cc1.[Br-]. The molecule has 5 heteroatoms. The quantitative estimate of drug-likeness (QED) is 0.679. The van der Waals surface area contributed by atoms with E-state index in [9.17, 15) is 0 Å². The molecule has 19 heavy (non-hydrogen) atoms. The number of benzene rings is 2. The number of fused-ring (bicyclic) bond motifs is 1. The molecule has 0 unspecified atom stereocenters. The molecule has 1 aromatic heterocycles. The molecule has 0 bridgehead atoms. The number of para-hydroxylation sites is 2. The zero-order chi connectivity index (χ0) is 12.4. The normalized spacial score (nSPS) is 10.4. The summed E-state index contributed by atoms with van der Waals surface area (Å²) in [7, 11) is 0. The second-order valence-electron chi connectivity index (χ2n) is 3.97. The van der Waals surface area contributed by atoms with Crippen LogP contribution in [0.5, 0.6) is 0 Å². The molecule has 98 valence electrons. The van der Waals surface area contributed by atoms with Crippen molar-refractivity contribution in [2.45, 2.75) is 10.9 Å². The maximum atomic E-state index is 4.54. The summed E-state index contributed by atoms with van der Waals surface area (Å²) in [6.07, 6.45) is 0. The average molecular weight is 399 g/mol. The lowest BCUT2D eigenvalue weighted by molar-refractivity contribution is -0.00000352. The number of hydrogen-bond acceptors (Lipinski definition) is 2. The van der Waals surface area contributed by atoms with Gasteiger partial charge in [0.1, 0.15) is 0 Å². The Morgan fingerprint density at radius 3 is 2.53 bits per heavy atom. The number of rotatable bonds is 3. The highest BCUT2D eigenvalue weighted by Gasteiger charge is 2.02. The molecule has 0 saturated heterocycles. The van der Waals surface area contributed by atoms with Crippen molar-refractivity contribution in [1.82, 2.24) is 9.97 Å². The first-order valence-corrected chi connectivity index (χ1v) is 7.41. The van der Waals surface area contributed by atoms with Gasteiger partial charge in [-0.2, -0.15) is 0 Å². The summed E-state index contributed by atoms with van der Waals surface area (Å²) in [5.41, 5.74) is 3.41. The minimum Gasteiger partial charge on any atom is -1.00 e. The lowest BCUT2D eigenvalue weighted by Crippen LogP contribution is -3.00. The zero-order valence-electron chi connectivity index (χ0n) is 9.94. The van der Waals surface area contributed by atoms with E-state index in [1.54, 1.807) is 11.8 Å². The third-order valence-corrected chi connectivity index (χ3v) is 4.13. The smallest absolute Gasteiger partial charge is 0.166 e. The van der Waals surface area contributed by atoms with Crippen LogP contribution in [0.25, 0.3) is 11.0 Å². The number of H-pyrrole nitrogens is 1. The summed E-state index contributed by atoms with van der Waals surface area (Å²) in [5, 5.41) is 0.971. The first-order chi connectivity index (χ1) is 8.81. The standard InChI is InChI=1S/C14H11BrN2S.BrH/c15-11-7-5-10(6-8-11)9-18-14-16-12-3-1-2-4-13(12)17-14;/h1-8H,9H2,(H,16,17);1H/p-1. The van der Waals surface area contributed by atoms with Gasteiger partial charge >= 0.3 is 0 Å². The largest absolute Gasteiger partial charge is 1.00 e. The van der Waals surface area contributed by atoms with Gasteiger partial charge in [0.25, 0.3) is 0 Å². The molecule has 1 N–H and O–H groups in total. The topological polar surface area (TPSA) is 28.7 Å². The molecule has 0 aliphatic carbocycles. The molecule has 0 atom stereocenters. The first kappa shape index (κ1) is 14.6. The van der Waals surface area contributed by atoms with E-state index >= 15 is 0 Å². The van der Waals surface area contributed by atoms with Crippen LogP contribution in [0.15, 0.2) is 58.2 Å². The van der Waals surface area contributed by atoms with Crippen LogP contribution in [0.1, 0.15) is 5.56 Å². The molecule has 3 aromatic rings. The Balaban J connectivity index is 0.00000133. The van der Waals surface area contributed by atoms with Crippen LogP contribution in [-0.4, -0.2) is 9.97 Å². The fourth-order valence-corrected chi connectivity index (χ4v) is 2.84. The number of aromatic nitrogens is 2. The van der Waals surface area contributed by atoms with Gasteiger partial charge in [-0.05, 0) is 29.8 Å². The summed E-state index contributed by atoms with van der Waals surface area (Å²) in [6, 6.07) is 16.5. The second-order valence-corrected chi connectivity index (χ2v) is 5.85.